The molecule has 0 aromatic carbocycles. The molecule has 0 saturated carbocycles. The van der Waals surface area contributed by atoms with Crippen molar-refractivity contribution in [1.82, 2.24) is 15.4 Å². The number of unbranched alkanes of at least 4 members (excludes halogenated alkanes) is 1. The molecule has 4 heteroatoms. The van der Waals surface area contributed by atoms with E-state index in [0.717, 1.165) is 12.1 Å². The summed E-state index contributed by atoms with van der Waals surface area (Å²) in [6.45, 7) is 7.60. The second kappa shape index (κ2) is 9.74. The van der Waals surface area contributed by atoms with Crippen molar-refractivity contribution in [3.05, 3.63) is 18.8 Å². The SMILES string of the molecule is Cc1cn[nH]n1.[CH2-]CCC.[Li+]. The molecule has 11 heavy (non-hydrogen) atoms. The normalized spacial score (nSPS) is 7.55. The Morgan fingerprint density at radius 3 is 2.27 bits per heavy atom. The topological polar surface area (TPSA) is 41.6 Å². The number of nitrogens with zero attached hydrogens (tertiary/aromatic N) is 2. The van der Waals surface area contributed by atoms with E-state index in [0.29, 0.717) is 0 Å². The van der Waals surface area contributed by atoms with E-state index in [1.54, 1.807) is 6.20 Å². The molecule has 0 saturated heterocycles. The average molecular weight is 147 g/mol. The molecule has 0 aliphatic carbocycles. The van der Waals surface area contributed by atoms with Crippen LogP contribution >= 0.6 is 0 Å². The summed E-state index contributed by atoms with van der Waals surface area (Å²) in [7, 11) is 0. The largest absolute Gasteiger partial charge is 1.00 e. The van der Waals surface area contributed by atoms with E-state index in [1.165, 1.54) is 6.42 Å². The number of aromatic nitrogens is 3. The molecule has 0 amide bonds. The quantitative estimate of drug-likeness (QED) is 0.398. The molecule has 1 heterocycles. The number of rotatable bonds is 1. The number of H-pyrrole nitrogens is 1. The second-order valence-corrected chi connectivity index (χ2v) is 1.96. The van der Waals surface area contributed by atoms with Gasteiger partial charge in [0, 0.05) is 0 Å². The van der Waals surface area contributed by atoms with Gasteiger partial charge in [0.1, 0.15) is 0 Å². The number of hydrogen-bond donors (Lipinski definition) is 1. The molecule has 1 N–H and O–H groups in total. The molecule has 0 aliphatic heterocycles. The van der Waals surface area contributed by atoms with Crippen LogP contribution in [0.3, 0.4) is 0 Å². The maximum absolute atomic E-state index is 3.68. The van der Waals surface area contributed by atoms with Gasteiger partial charge in [0.2, 0.25) is 0 Å². The Balaban J connectivity index is 0. The summed E-state index contributed by atoms with van der Waals surface area (Å²) < 4.78 is 0. The fourth-order valence-corrected chi connectivity index (χ4v) is 0.259. The van der Waals surface area contributed by atoms with Gasteiger partial charge in [0.25, 0.3) is 0 Å². The van der Waals surface area contributed by atoms with Crippen molar-refractivity contribution in [3.63, 3.8) is 0 Å². The van der Waals surface area contributed by atoms with Gasteiger partial charge in [0.05, 0.1) is 11.9 Å². The average Bonchev–Trinajstić information content (AvgIpc) is 2.40. The van der Waals surface area contributed by atoms with Gasteiger partial charge < -0.3 is 6.92 Å². The molecule has 0 atom stereocenters. The predicted molar refractivity (Wildman–Crippen MR) is 41.4 cm³/mol. The molecule has 0 radical (unpaired) electrons. The zero-order chi connectivity index (χ0) is 7.82. The van der Waals surface area contributed by atoms with Crippen LogP contribution in [0.15, 0.2) is 6.20 Å². The summed E-state index contributed by atoms with van der Waals surface area (Å²) in [6.07, 6.45) is 3.94. The van der Waals surface area contributed by atoms with Crippen molar-refractivity contribution in [1.29, 1.82) is 0 Å². The van der Waals surface area contributed by atoms with Crippen LogP contribution in [0.1, 0.15) is 25.5 Å². The zero-order valence-corrected chi connectivity index (χ0v) is 7.59. The molecule has 1 aromatic heterocycles. The molecule has 1 aromatic rings. The van der Waals surface area contributed by atoms with Crippen molar-refractivity contribution in [2.45, 2.75) is 26.7 Å². The third-order valence-corrected chi connectivity index (χ3v) is 0.889. The van der Waals surface area contributed by atoms with Crippen LogP contribution in [0, 0.1) is 13.8 Å². The van der Waals surface area contributed by atoms with Gasteiger partial charge >= 0.3 is 18.9 Å². The number of hydrogen-bond acceptors (Lipinski definition) is 2. The Morgan fingerprint density at radius 2 is 2.18 bits per heavy atom. The van der Waals surface area contributed by atoms with Crippen LogP contribution in [0.25, 0.3) is 0 Å². The summed E-state index contributed by atoms with van der Waals surface area (Å²) >= 11 is 0. The first kappa shape index (κ1) is 13.3. The Morgan fingerprint density at radius 1 is 1.64 bits per heavy atom. The Hall–Kier alpha value is -0.263. The van der Waals surface area contributed by atoms with E-state index < -0.39 is 0 Å². The van der Waals surface area contributed by atoms with Crippen LogP contribution in [-0.4, -0.2) is 15.4 Å². The molecule has 0 bridgehead atoms. The molecule has 58 valence electrons. The smallest absolute Gasteiger partial charge is 0.343 e. The minimum Gasteiger partial charge on any atom is -0.343 e. The molecule has 0 unspecified atom stereocenters. The van der Waals surface area contributed by atoms with Crippen molar-refractivity contribution < 1.29 is 18.9 Å². The van der Waals surface area contributed by atoms with E-state index in [2.05, 4.69) is 29.3 Å². The standard InChI is InChI=1S/C4H9.C3H5N3.Li/c1-3-4-2;1-3-2-4-6-5-3;/h1,3-4H2,2H3;2H,1H3,(H,4,5,6);/q-1;;+1. The molecule has 0 fully saturated rings. The fraction of sp³-hybridized carbons (Fsp3) is 0.571. The molecular formula is C7H14LiN3. The maximum Gasteiger partial charge on any atom is 1.00 e. The van der Waals surface area contributed by atoms with Gasteiger partial charge in [0.15, 0.2) is 0 Å². The van der Waals surface area contributed by atoms with Gasteiger partial charge in [-0.25, -0.2) is 0 Å². The van der Waals surface area contributed by atoms with Gasteiger partial charge in [-0.15, -0.1) is 0 Å². The van der Waals surface area contributed by atoms with Crippen molar-refractivity contribution >= 4 is 0 Å². The third-order valence-electron chi connectivity index (χ3n) is 0.889. The third kappa shape index (κ3) is 9.74. The number of aromatic amines is 1. The minimum absolute atomic E-state index is 0. The maximum atomic E-state index is 3.68. The van der Waals surface area contributed by atoms with Crippen LogP contribution in [0.2, 0.25) is 0 Å². The fourth-order valence-electron chi connectivity index (χ4n) is 0.259. The first-order valence-electron chi connectivity index (χ1n) is 3.42. The second-order valence-electron chi connectivity index (χ2n) is 1.96. The summed E-state index contributed by atoms with van der Waals surface area (Å²) in [6, 6.07) is 0. The van der Waals surface area contributed by atoms with Gasteiger partial charge in [-0.05, 0) is 6.92 Å². The van der Waals surface area contributed by atoms with Gasteiger partial charge in [-0.1, -0.05) is 13.3 Å². The molecule has 0 spiro atoms. The first-order valence-corrected chi connectivity index (χ1v) is 3.42. The number of nitrogens with one attached hydrogen (secondary N) is 1. The van der Waals surface area contributed by atoms with Crippen LogP contribution in [0.4, 0.5) is 0 Å². The minimum atomic E-state index is 0. The van der Waals surface area contributed by atoms with Gasteiger partial charge in [-0.3, -0.25) is 0 Å². The van der Waals surface area contributed by atoms with Crippen molar-refractivity contribution in [2.75, 3.05) is 0 Å². The molecular weight excluding hydrogens is 133 g/mol. The predicted octanol–water partition coefficient (Wildman–Crippen LogP) is -1.26. The van der Waals surface area contributed by atoms with E-state index in [4.69, 9.17) is 0 Å². The number of aryl methyl sites for hydroxylation is 1. The molecule has 0 aliphatic rings. The van der Waals surface area contributed by atoms with Gasteiger partial charge in [-0.2, -0.15) is 21.8 Å². The van der Waals surface area contributed by atoms with Crippen molar-refractivity contribution in [3.8, 4) is 0 Å². The first-order chi connectivity index (χ1) is 4.81. The van der Waals surface area contributed by atoms with Crippen LogP contribution in [-0.2, 0) is 0 Å². The van der Waals surface area contributed by atoms with E-state index in [9.17, 15) is 0 Å². The summed E-state index contributed by atoms with van der Waals surface area (Å²) in [5.41, 5.74) is 0.926. The van der Waals surface area contributed by atoms with Crippen LogP contribution in [0.5, 0.6) is 0 Å². The Bertz CT molecular complexity index is 137. The van der Waals surface area contributed by atoms with E-state index in [-0.39, 0.29) is 18.9 Å². The van der Waals surface area contributed by atoms with Crippen molar-refractivity contribution in [2.24, 2.45) is 0 Å². The van der Waals surface area contributed by atoms with E-state index in [1.807, 2.05) is 6.92 Å². The molecule has 3 nitrogen and oxygen atoms in total. The Kier molecular flexibility index (Phi) is 11.8. The molecule has 1 rings (SSSR count). The summed E-state index contributed by atoms with van der Waals surface area (Å²) in [5.74, 6) is 0. The van der Waals surface area contributed by atoms with E-state index >= 15 is 0 Å². The summed E-state index contributed by atoms with van der Waals surface area (Å²) in [5, 5.41) is 9.70. The summed E-state index contributed by atoms with van der Waals surface area (Å²) in [4.78, 5) is 0. The van der Waals surface area contributed by atoms with Crippen LogP contribution < -0.4 is 18.9 Å². The Labute approximate surface area is 80.1 Å². The zero-order valence-electron chi connectivity index (χ0n) is 7.59. The monoisotopic (exact) mass is 147 g/mol.